The molecular weight excluding hydrogens is 343 g/mol. The number of rotatable bonds is 6. The van der Waals surface area contributed by atoms with Gasteiger partial charge in [-0.3, -0.25) is 24.0 Å². The number of aliphatic imine (C=N–C) groups is 1. The smallest absolute Gasteiger partial charge is 0.307 e. The summed E-state index contributed by atoms with van der Waals surface area (Å²) in [4.78, 5) is 30.8. The molecule has 1 fully saturated rings. The number of benzene rings is 1. The van der Waals surface area contributed by atoms with Gasteiger partial charge in [-0.25, -0.2) is 0 Å². The minimum Gasteiger partial charge on any atom is -0.307 e. The predicted octanol–water partition coefficient (Wildman–Crippen LogP) is 2.42. The van der Waals surface area contributed by atoms with Gasteiger partial charge in [0.15, 0.2) is 5.28 Å². The Hall–Kier alpha value is -1.82. The van der Waals surface area contributed by atoms with Crippen LogP contribution in [0.25, 0.3) is 0 Å². The van der Waals surface area contributed by atoms with Crippen LogP contribution >= 0.6 is 7.60 Å². The minimum atomic E-state index is -3.88. The number of imide groups is 1. The van der Waals surface area contributed by atoms with Crippen molar-refractivity contribution in [2.75, 3.05) is 20.3 Å². The molecule has 25 heavy (non-hydrogen) atoms. The Balaban J connectivity index is 2.26. The van der Waals surface area contributed by atoms with Gasteiger partial charge in [-0.1, -0.05) is 30.3 Å². The normalized spacial score (nSPS) is 28.7. The van der Waals surface area contributed by atoms with Gasteiger partial charge in [0.25, 0.3) is 0 Å². The lowest BCUT2D eigenvalue weighted by Crippen LogP contribution is -2.39. The highest BCUT2D eigenvalue weighted by atomic mass is 31.2. The molecule has 134 valence electrons. The summed E-state index contributed by atoms with van der Waals surface area (Å²) in [5, 5.41) is -1.55. The van der Waals surface area contributed by atoms with Crippen LogP contribution < -0.4 is 0 Å². The van der Waals surface area contributed by atoms with Gasteiger partial charge in [-0.05, 0) is 19.4 Å². The fraction of sp³-hybridized carbons (Fsp3) is 0.471. The molecule has 0 aromatic heterocycles. The largest absolute Gasteiger partial charge is 0.363 e. The molecule has 7 nitrogen and oxygen atoms in total. The topological polar surface area (TPSA) is 85.3 Å². The second-order valence-electron chi connectivity index (χ2n) is 5.94. The molecule has 0 bridgehead atoms. The van der Waals surface area contributed by atoms with E-state index in [4.69, 9.17) is 9.05 Å². The van der Waals surface area contributed by atoms with Crippen molar-refractivity contribution in [1.82, 2.24) is 4.90 Å². The summed E-state index contributed by atoms with van der Waals surface area (Å²) in [6.45, 7) is 3.68. The van der Waals surface area contributed by atoms with Crippen LogP contribution in [-0.2, 0) is 28.5 Å². The lowest BCUT2D eigenvalue weighted by Gasteiger charge is -2.37. The third kappa shape index (κ3) is 2.41. The zero-order valence-corrected chi connectivity index (χ0v) is 15.3. The van der Waals surface area contributed by atoms with Gasteiger partial charge in [0.05, 0.1) is 25.0 Å². The van der Waals surface area contributed by atoms with Gasteiger partial charge >= 0.3 is 7.60 Å². The number of amides is 2. The van der Waals surface area contributed by atoms with Crippen LogP contribution in [0.1, 0.15) is 19.4 Å². The summed E-state index contributed by atoms with van der Waals surface area (Å²) in [5.74, 6) is -2.46. The monoisotopic (exact) mass is 364 g/mol. The van der Waals surface area contributed by atoms with E-state index in [1.165, 1.54) is 13.3 Å². The zero-order chi connectivity index (χ0) is 18.2. The van der Waals surface area contributed by atoms with Gasteiger partial charge < -0.3 is 9.05 Å². The van der Waals surface area contributed by atoms with Crippen LogP contribution in [0, 0.1) is 11.8 Å². The second kappa shape index (κ2) is 6.48. The summed E-state index contributed by atoms with van der Waals surface area (Å²) in [6, 6.07) is 8.83. The Morgan fingerprint density at radius 2 is 1.72 bits per heavy atom. The minimum absolute atomic E-state index is 0.136. The van der Waals surface area contributed by atoms with Crippen LogP contribution in [0.15, 0.2) is 35.3 Å². The molecule has 3 atom stereocenters. The van der Waals surface area contributed by atoms with E-state index in [1.807, 2.05) is 6.07 Å². The molecule has 0 saturated carbocycles. The van der Waals surface area contributed by atoms with Crippen LogP contribution in [0.3, 0.4) is 0 Å². The van der Waals surface area contributed by atoms with E-state index in [1.54, 1.807) is 38.1 Å². The van der Waals surface area contributed by atoms with E-state index in [0.717, 1.165) is 4.90 Å². The number of carbonyl (C=O) groups is 2. The van der Waals surface area contributed by atoms with E-state index in [0.29, 0.717) is 5.56 Å². The third-order valence-corrected chi connectivity index (χ3v) is 7.33. The highest BCUT2D eigenvalue weighted by Crippen LogP contribution is 2.72. The Kier molecular flexibility index (Phi) is 4.66. The first kappa shape index (κ1) is 18.0. The Labute approximate surface area is 146 Å². The van der Waals surface area contributed by atoms with E-state index in [-0.39, 0.29) is 19.1 Å². The maximum Gasteiger partial charge on any atom is 0.363 e. The quantitative estimate of drug-likeness (QED) is 0.572. The van der Waals surface area contributed by atoms with Crippen molar-refractivity contribution in [3.8, 4) is 0 Å². The maximum absolute atomic E-state index is 13.8. The molecular formula is C17H21N2O5P. The third-order valence-electron chi connectivity index (χ3n) is 4.65. The highest BCUT2D eigenvalue weighted by Gasteiger charge is 2.69. The number of likely N-dealkylation sites (tertiary alicyclic amines) is 1. The van der Waals surface area contributed by atoms with Gasteiger partial charge in [-0.2, -0.15) is 0 Å². The van der Waals surface area contributed by atoms with E-state index < -0.39 is 30.6 Å². The van der Waals surface area contributed by atoms with Gasteiger partial charge in [0, 0.05) is 13.3 Å². The molecule has 2 aliphatic heterocycles. The van der Waals surface area contributed by atoms with E-state index in [2.05, 4.69) is 4.99 Å². The average Bonchev–Trinajstić information content (AvgIpc) is 3.11. The van der Waals surface area contributed by atoms with Crippen molar-refractivity contribution in [2.24, 2.45) is 16.8 Å². The summed E-state index contributed by atoms with van der Waals surface area (Å²) in [7, 11) is -2.45. The molecule has 2 heterocycles. The number of nitrogens with zero attached hydrogens (tertiary/aromatic N) is 2. The molecule has 2 aliphatic rings. The molecule has 1 saturated heterocycles. The molecule has 0 N–H and O–H groups in total. The molecule has 1 aromatic carbocycles. The first-order valence-electron chi connectivity index (χ1n) is 8.24. The summed E-state index contributed by atoms with van der Waals surface area (Å²) < 4.78 is 25.0. The maximum atomic E-state index is 13.8. The van der Waals surface area contributed by atoms with Crippen LogP contribution in [0.2, 0.25) is 0 Å². The van der Waals surface area contributed by atoms with E-state index in [9.17, 15) is 14.2 Å². The van der Waals surface area contributed by atoms with E-state index >= 15 is 0 Å². The predicted molar refractivity (Wildman–Crippen MR) is 92.2 cm³/mol. The Bertz CT molecular complexity index is 756. The molecule has 3 rings (SSSR count). The Morgan fingerprint density at radius 1 is 1.12 bits per heavy atom. The van der Waals surface area contributed by atoms with Crippen molar-refractivity contribution in [3.63, 3.8) is 0 Å². The van der Waals surface area contributed by atoms with Gasteiger partial charge in [0.2, 0.25) is 11.8 Å². The Morgan fingerprint density at radius 3 is 2.28 bits per heavy atom. The number of fused-ring (bicyclic) bond motifs is 1. The number of hydrogen-bond donors (Lipinski definition) is 0. The van der Waals surface area contributed by atoms with Crippen molar-refractivity contribution in [1.29, 1.82) is 0 Å². The lowest BCUT2D eigenvalue weighted by atomic mass is 9.87. The van der Waals surface area contributed by atoms with Crippen molar-refractivity contribution < 1.29 is 23.2 Å². The lowest BCUT2D eigenvalue weighted by molar-refractivity contribution is -0.138. The number of carbonyl (C=O) groups excluding carboxylic acids is 2. The first-order valence-corrected chi connectivity index (χ1v) is 9.78. The molecule has 1 aromatic rings. The fourth-order valence-electron chi connectivity index (χ4n) is 3.59. The van der Waals surface area contributed by atoms with Crippen LogP contribution in [-0.4, -0.2) is 43.2 Å². The molecule has 2 amide bonds. The van der Waals surface area contributed by atoms with Gasteiger partial charge in [-0.15, -0.1) is 0 Å². The molecule has 0 spiro atoms. The van der Waals surface area contributed by atoms with Crippen molar-refractivity contribution in [3.05, 3.63) is 35.9 Å². The van der Waals surface area contributed by atoms with Crippen molar-refractivity contribution >= 4 is 25.6 Å². The average molecular weight is 364 g/mol. The van der Waals surface area contributed by atoms with Crippen LogP contribution in [0.5, 0.6) is 0 Å². The SMILES string of the molecule is CCOP(=O)(OCC)[C@]1(c2ccccc2)N=C[C@H]2C(=O)N(C)C(=O)[C@H]21. The van der Waals surface area contributed by atoms with Gasteiger partial charge in [0.1, 0.15) is 0 Å². The zero-order valence-electron chi connectivity index (χ0n) is 14.4. The summed E-state index contributed by atoms with van der Waals surface area (Å²) >= 11 is 0. The fourth-order valence-corrected chi connectivity index (χ4v) is 6.03. The second-order valence-corrected chi connectivity index (χ2v) is 8.14. The molecule has 0 unspecified atom stereocenters. The molecule has 0 radical (unpaired) electrons. The molecule has 8 heteroatoms. The first-order chi connectivity index (χ1) is 11.9. The standard InChI is InChI=1S/C17H21N2O5P/c1-4-23-25(22,24-5-2)17(12-9-7-6-8-10-12)14-13(11-18-17)15(20)19(3)16(14)21/h6-11,13-14H,4-5H2,1-3H3/t13-,14+,17+/m1/s1. The highest BCUT2D eigenvalue weighted by molar-refractivity contribution is 7.55. The van der Waals surface area contributed by atoms with Crippen molar-refractivity contribution in [2.45, 2.75) is 19.1 Å². The summed E-state index contributed by atoms with van der Waals surface area (Å²) in [6.07, 6.45) is 1.42. The molecule has 0 aliphatic carbocycles. The number of hydrogen-bond acceptors (Lipinski definition) is 6. The summed E-state index contributed by atoms with van der Waals surface area (Å²) in [5.41, 5.74) is 0.542. The van der Waals surface area contributed by atoms with Crippen LogP contribution in [0.4, 0.5) is 0 Å².